The summed E-state index contributed by atoms with van der Waals surface area (Å²) in [6.07, 6.45) is 0.497. The van der Waals surface area contributed by atoms with Crippen molar-refractivity contribution < 1.29 is 18.8 Å². The molecule has 0 aromatic carbocycles. The number of aromatic nitrogens is 2. The van der Waals surface area contributed by atoms with Crippen molar-refractivity contribution in [1.29, 1.82) is 0 Å². The van der Waals surface area contributed by atoms with Gasteiger partial charge in [0.25, 0.3) is 11.5 Å². The molecule has 0 unspecified atom stereocenters. The molecule has 2 aromatic heterocycles. The predicted molar refractivity (Wildman–Crippen MR) is 76.7 cm³/mol. The Bertz CT molecular complexity index is 665. The normalized spacial score (nSPS) is 21.6. The largest absolute Gasteiger partial charge is 0.379 e. The lowest BCUT2D eigenvalue weighted by Gasteiger charge is -2.31. The van der Waals surface area contributed by atoms with E-state index < -0.39 is 11.5 Å². The monoisotopic (exact) mass is 325 g/mol. The highest BCUT2D eigenvalue weighted by atomic mass is 32.1. The number of ether oxygens (including phenoxy) is 2. The third-order valence-electron chi connectivity index (χ3n) is 3.29. The molecule has 2 aromatic rings. The van der Waals surface area contributed by atoms with Crippen LogP contribution in [0.5, 0.6) is 0 Å². The van der Waals surface area contributed by atoms with Gasteiger partial charge < -0.3 is 19.3 Å². The number of carbonyl (C=O) groups is 1. The van der Waals surface area contributed by atoms with Crippen LogP contribution in [0.15, 0.2) is 26.3 Å². The lowest BCUT2D eigenvalue weighted by atomic mass is 10.1. The molecule has 0 aliphatic carbocycles. The molecule has 3 heterocycles. The first-order valence-corrected chi connectivity index (χ1v) is 7.72. The van der Waals surface area contributed by atoms with Gasteiger partial charge in [0, 0.05) is 12.0 Å². The van der Waals surface area contributed by atoms with Crippen molar-refractivity contribution in [3.8, 4) is 0 Å². The van der Waals surface area contributed by atoms with Crippen LogP contribution in [0.25, 0.3) is 0 Å². The fourth-order valence-electron chi connectivity index (χ4n) is 2.19. The van der Waals surface area contributed by atoms with Crippen molar-refractivity contribution in [3.05, 3.63) is 38.8 Å². The summed E-state index contributed by atoms with van der Waals surface area (Å²) in [4.78, 5) is 27.2. The molecular weight excluding hydrogens is 310 g/mol. The first-order chi connectivity index (χ1) is 10.7. The van der Waals surface area contributed by atoms with E-state index in [0.717, 1.165) is 11.8 Å². The molecule has 8 nitrogen and oxygen atoms in total. The second kappa shape index (κ2) is 6.86. The molecule has 1 aliphatic rings. The number of thiazole rings is 1. The van der Waals surface area contributed by atoms with E-state index in [-0.39, 0.29) is 17.9 Å². The van der Waals surface area contributed by atoms with E-state index in [9.17, 15) is 9.59 Å². The highest BCUT2D eigenvalue weighted by molar-refractivity contribution is 7.07. The molecule has 0 saturated carbocycles. The summed E-state index contributed by atoms with van der Waals surface area (Å²) in [6, 6.07) is 0.796. The average molecular weight is 325 g/mol. The Hall–Kier alpha value is -1.97. The minimum Gasteiger partial charge on any atom is -0.379 e. The standard InChI is InChI=1S/C13H15N3O5S/c17-12-3-11(21-16-12)13(18)15-9-5-19-2-1-10(9)20-4-8-6-22-7-14-8/h3,6-7,9-10H,1-2,4-5H2,(H,15,18)(H,16,17)/t9-,10+/m1/s1. The Labute approximate surface area is 129 Å². The molecule has 9 heteroatoms. The summed E-state index contributed by atoms with van der Waals surface area (Å²) in [5.41, 5.74) is 2.15. The lowest BCUT2D eigenvalue weighted by molar-refractivity contribution is -0.0613. The molecule has 0 spiro atoms. The van der Waals surface area contributed by atoms with Gasteiger partial charge in [-0.15, -0.1) is 11.3 Å². The Balaban J connectivity index is 1.59. The fourth-order valence-corrected chi connectivity index (χ4v) is 2.73. The van der Waals surface area contributed by atoms with Crippen LogP contribution in [0.4, 0.5) is 0 Å². The van der Waals surface area contributed by atoms with Gasteiger partial charge in [-0.2, -0.15) is 5.16 Å². The maximum Gasteiger partial charge on any atom is 0.290 e. The lowest BCUT2D eigenvalue weighted by Crippen LogP contribution is -2.50. The first-order valence-electron chi connectivity index (χ1n) is 6.78. The zero-order chi connectivity index (χ0) is 15.4. The van der Waals surface area contributed by atoms with Gasteiger partial charge in [0.2, 0.25) is 5.76 Å². The van der Waals surface area contributed by atoms with Crippen molar-refractivity contribution in [2.45, 2.75) is 25.2 Å². The van der Waals surface area contributed by atoms with Gasteiger partial charge in [-0.1, -0.05) is 0 Å². The minimum absolute atomic E-state index is 0.0613. The highest BCUT2D eigenvalue weighted by Gasteiger charge is 2.29. The second-order valence-electron chi connectivity index (χ2n) is 4.85. The molecule has 1 amide bonds. The quantitative estimate of drug-likeness (QED) is 0.830. The number of aromatic amines is 1. The first kappa shape index (κ1) is 14.9. The van der Waals surface area contributed by atoms with Crippen molar-refractivity contribution in [3.63, 3.8) is 0 Å². The SMILES string of the molecule is O=C(N[C@@H]1COCC[C@@H]1OCc1cscn1)c1cc(=O)[nH]o1. The third kappa shape index (κ3) is 3.62. The molecule has 1 fully saturated rings. The van der Waals surface area contributed by atoms with Crippen molar-refractivity contribution in [1.82, 2.24) is 15.5 Å². The van der Waals surface area contributed by atoms with Crippen molar-refractivity contribution >= 4 is 17.2 Å². The maximum absolute atomic E-state index is 12.0. The molecule has 2 N–H and O–H groups in total. The summed E-state index contributed by atoms with van der Waals surface area (Å²) in [7, 11) is 0. The van der Waals surface area contributed by atoms with Gasteiger partial charge in [-0.25, -0.2) is 4.98 Å². The number of hydrogen-bond acceptors (Lipinski definition) is 7. The fraction of sp³-hybridized carbons (Fsp3) is 0.462. The van der Waals surface area contributed by atoms with Gasteiger partial charge in [0.1, 0.15) is 0 Å². The number of amides is 1. The topological polar surface area (TPSA) is 106 Å². The Morgan fingerprint density at radius 1 is 1.59 bits per heavy atom. The summed E-state index contributed by atoms with van der Waals surface area (Å²) >= 11 is 1.51. The van der Waals surface area contributed by atoms with Gasteiger partial charge in [-0.05, 0) is 6.42 Å². The Morgan fingerprint density at radius 3 is 3.23 bits per heavy atom. The zero-order valence-electron chi connectivity index (χ0n) is 11.6. The number of nitrogens with zero attached hydrogens (tertiary/aromatic N) is 1. The third-order valence-corrected chi connectivity index (χ3v) is 3.92. The van der Waals surface area contributed by atoms with Gasteiger partial charge in [0.15, 0.2) is 0 Å². The van der Waals surface area contributed by atoms with E-state index >= 15 is 0 Å². The van der Waals surface area contributed by atoms with E-state index in [1.807, 2.05) is 5.38 Å². The van der Waals surface area contributed by atoms with E-state index in [1.54, 1.807) is 5.51 Å². The van der Waals surface area contributed by atoms with Crippen molar-refractivity contribution in [2.24, 2.45) is 0 Å². The molecular formula is C13H15N3O5S. The molecule has 1 saturated heterocycles. The van der Waals surface area contributed by atoms with Crippen LogP contribution in [0.3, 0.4) is 0 Å². The zero-order valence-corrected chi connectivity index (χ0v) is 12.4. The van der Waals surface area contributed by atoms with Crippen LogP contribution in [-0.2, 0) is 16.1 Å². The number of hydrogen-bond donors (Lipinski definition) is 2. The molecule has 0 bridgehead atoms. The Morgan fingerprint density at radius 2 is 2.50 bits per heavy atom. The molecule has 2 atom stereocenters. The number of nitrogens with one attached hydrogen (secondary N) is 2. The maximum atomic E-state index is 12.0. The summed E-state index contributed by atoms with van der Waals surface area (Å²) < 4.78 is 16.0. The molecule has 1 aliphatic heterocycles. The average Bonchev–Trinajstić information content (AvgIpc) is 3.17. The smallest absolute Gasteiger partial charge is 0.290 e. The Kier molecular flexibility index (Phi) is 4.66. The van der Waals surface area contributed by atoms with Crippen LogP contribution in [0, 0.1) is 0 Å². The van der Waals surface area contributed by atoms with Crippen molar-refractivity contribution in [2.75, 3.05) is 13.2 Å². The second-order valence-corrected chi connectivity index (χ2v) is 5.57. The summed E-state index contributed by atoms with van der Waals surface area (Å²) in [5.74, 6) is -0.537. The van der Waals surface area contributed by atoms with Crippen LogP contribution >= 0.6 is 11.3 Å². The van der Waals surface area contributed by atoms with E-state index in [4.69, 9.17) is 14.0 Å². The van der Waals surface area contributed by atoms with Crippen LogP contribution in [0.2, 0.25) is 0 Å². The number of rotatable bonds is 5. The predicted octanol–water partition coefficient (Wildman–Crippen LogP) is 0.528. The highest BCUT2D eigenvalue weighted by Crippen LogP contribution is 2.15. The summed E-state index contributed by atoms with van der Waals surface area (Å²) in [6.45, 7) is 1.31. The minimum atomic E-state index is -0.476. The number of carbonyl (C=O) groups excluding carboxylic acids is 1. The van der Waals surface area contributed by atoms with E-state index in [2.05, 4.69) is 15.5 Å². The molecule has 118 valence electrons. The number of H-pyrrole nitrogens is 1. The van der Waals surface area contributed by atoms with Crippen LogP contribution < -0.4 is 10.9 Å². The van der Waals surface area contributed by atoms with Crippen LogP contribution in [-0.4, -0.2) is 41.4 Å². The molecule has 0 radical (unpaired) electrons. The molecule has 22 heavy (non-hydrogen) atoms. The van der Waals surface area contributed by atoms with Crippen LogP contribution in [0.1, 0.15) is 22.7 Å². The van der Waals surface area contributed by atoms with Gasteiger partial charge in [0.05, 0.1) is 42.6 Å². The summed E-state index contributed by atoms with van der Waals surface area (Å²) in [5, 5.41) is 6.77. The van der Waals surface area contributed by atoms with Gasteiger partial charge in [-0.3, -0.25) is 9.59 Å². The van der Waals surface area contributed by atoms with E-state index in [1.165, 1.54) is 11.3 Å². The van der Waals surface area contributed by atoms with Gasteiger partial charge >= 0.3 is 0 Å². The van der Waals surface area contributed by atoms with E-state index in [0.29, 0.717) is 26.2 Å². The molecule has 3 rings (SSSR count).